The van der Waals surface area contributed by atoms with E-state index in [-0.39, 0.29) is 24.3 Å². The fraction of sp³-hybridized carbons (Fsp3) is 0.444. The molecule has 0 spiro atoms. The van der Waals surface area contributed by atoms with Crippen LogP contribution in [-0.2, 0) is 16.8 Å². The van der Waals surface area contributed by atoms with Crippen LogP contribution in [0.1, 0.15) is 36.7 Å². The van der Waals surface area contributed by atoms with Crippen LogP contribution in [0.3, 0.4) is 0 Å². The molecule has 4 rings (SSSR count). The van der Waals surface area contributed by atoms with E-state index < -0.39 is 16.0 Å². The molecule has 1 saturated heterocycles. The minimum absolute atomic E-state index is 0.0146. The van der Waals surface area contributed by atoms with Crippen LogP contribution in [0.2, 0.25) is 5.15 Å². The van der Waals surface area contributed by atoms with Gasteiger partial charge in [0.25, 0.3) is 10.2 Å². The van der Waals surface area contributed by atoms with Crippen molar-refractivity contribution in [2.75, 3.05) is 13.1 Å². The molecule has 13 heteroatoms. The predicted octanol–water partition coefficient (Wildman–Crippen LogP) is 2.42. The summed E-state index contributed by atoms with van der Waals surface area (Å²) in [5.41, 5.74) is 1.20. The van der Waals surface area contributed by atoms with Crippen LogP contribution in [0, 0.1) is 18.7 Å². The molecule has 0 bridgehead atoms. The number of nitrogens with one attached hydrogen (secondary N) is 2. The molecule has 3 aromatic rings. The molecule has 1 unspecified atom stereocenters. The number of aromatic nitrogens is 5. The summed E-state index contributed by atoms with van der Waals surface area (Å²) in [5.74, 6) is 0.540. The number of hydrogen-bond acceptors (Lipinski definition) is 7. The van der Waals surface area contributed by atoms with Crippen molar-refractivity contribution in [3.8, 4) is 11.5 Å². The summed E-state index contributed by atoms with van der Waals surface area (Å²) in [5, 5.41) is 7.78. The van der Waals surface area contributed by atoms with Crippen LogP contribution in [0.5, 0.6) is 0 Å². The maximum atomic E-state index is 13.1. The van der Waals surface area contributed by atoms with E-state index >= 15 is 0 Å². The quantitative estimate of drug-likeness (QED) is 0.566. The number of aromatic amines is 1. The summed E-state index contributed by atoms with van der Waals surface area (Å²) in [6.07, 6.45) is 1.67. The van der Waals surface area contributed by atoms with Crippen molar-refractivity contribution in [1.82, 2.24) is 34.2 Å². The third-order valence-corrected chi connectivity index (χ3v) is 7.02. The highest BCUT2D eigenvalue weighted by Crippen LogP contribution is 2.37. The van der Waals surface area contributed by atoms with Crippen LogP contribution >= 0.6 is 11.6 Å². The second kappa shape index (κ2) is 8.61. The third-order valence-electron chi connectivity index (χ3n) is 5.21. The molecular formula is C18H21ClFN7O3S. The first-order valence-electron chi connectivity index (χ1n) is 9.64. The van der Waals surface area contributed by atoms with E-state index in [1.54, 1.807) is 6.92 Å². The molecule has 2 N–H and O–H groups in total. The van der Waals surface area contributed by atoms with Gasteiger partial charge >= 0.3 is 0 Å². The second-order valence-electron chi connectivity index (χ2n) is 7.42. The van der Waals surface area contributed by atoms with Gasteiger partial charge in [-0.25, -0.2) is 14.4 Å². The van der Waals surface area contributed by atoms with Gasteiger partial charge in [-0.05, 0) is 24.5 Å². The van der Waals surface area contributed by atoms with E-state index in [9.17, 15) is 12.8 Å². The van der Waals surface area contributed by atoms with Crippen LogP contribution in [0.15, 0.2) is 22.7 Å². The fourth-order valence-electron chi connectivity index (χ4n) is 3.66. The first kappa shape index (κ1) is 21.8. The highest BCUT2D eigenvalue weighted by atomic mass is 35.5. The van der Waals surface area contributed by atoms with Gasteiger partial charge in [-0.2, -0.15) is 17.4 Å². The summed E-state index contributed by atoms with van der Waals surface area (Å²) in [6, 6.07) is 2.82. The molecule has 1 aliphatic heterocycles. The summed E-state index contributed by atoms with van der Waals surface area (Å²) >= 11 is 6.36. The van der Waals surface area contributed by atoms with E-state index in [0.717, 1.165) is 11.9 Å². The molecular weight excluding hydrogens is 449 g/mol. The van der Waals surface area contributed by atoms with Crippen molar-refractivity contribution < 1.29 is 17.2 Å². The van der Waals surface area contributed by atoms with E-state index in [1.807, 2.05) is 6.92 Å². The number of nitrogens with zero attached hydrogens (tertiary/aromatic N) is 5. The smallest absolute Gasteiger partial charge is 0.279 e. The third kappa shape index (κ3) is 4.76. The number of hydrogen-bond donors (Lipinski definition) is 2. The standard InChI is InChI=1S/C18H21ClFN7O3S/c1-10-9-27(31(28,29)22-8-15-26-25-11(2)30-15)6-5-13(10)16-17(19)24-18(23-16)14-4-3-12(20)7-21-14/h3-4,7,10,13,22H,5-6,8-9H2,1-2H3,(H,23,24)/t10-,13?/m0/s1. The number of aryl methyl sites for hydroxylation is 1. The van der Waals surface area contributed by atoms with Gasteiger partial charge in [0.05, 0.1) is 18.4 Å². The number of halogens is 2. The molecule has 0 saturated carbocycles. The molecule has 10 nitrogen and oxygen atoms in total. The molecule has 0 radical (unpaired) electrons. The molecule has 2 atom stereocenters. The molecule has 166 valence electrons. The predicted molar refractivity (Wildman–Crippen MR) is 110 cm³/mol. The minimum Gasteiger partial charge on any atom is -0.424 e. The molecule has 0 aliphatic carbocycles. The fourth-order valence-corrected chi connectivity index (χ4v) is 5.19. The lowest BCUT2D eigenvalue weighted by atomic mass is 9.86. The lowest BCUT2D eigenvalue weighted by molar-refractivity contribution is 0.243. The lowest BCUT2D eigenvalue weighted by Gasteiger charge is -2.35. The Morgan fingerprint density at radius 3 is 2.84 bits per heavy atom. The van der Waals surface area contributed by atoms with Crippen molar-refractivity contribution in [2.24, 2.45) is 5.92 Å². The Kier molecular flexibility index (Phi) is 6.06. The van der Waals surface area contributed by atoms with Crippen molar-refractivity contribution in [3.63, 3.8) is 0 Å². The van der Waals surface area contributed by atoms with Crippen molar-refractivity contribution >= 4 is 21.8 Å². The normalized spacial score (nSPS) is 20.3. The number of imidazole rings is 1. The number of rotatable bonds is 6. The van der Waals surface area contributed by atoms with Gasteiger partial charge in [-0.3, -0.25) is 0 Å². The van der Waals surface area contributed by atoms with Crippen molar-refractivity contribution in [3.05, 3.63) is 46.8 Å². The van der Waals surface area contributed by atoms with Crippen LogP contribution in [0.25, 0.3) is 11.5 Å². The van der Waals surface area contributed by atoms with Gasteiger partial charge in [0.1, 0.15) is 11.5 Å². The summed E-state index contributed by atoms with van der Waals surface area (Å²) < 4.78 is 47.6. The van der Waals surface area contributed by atoms with Gasteiger partial charge in [0, 0.05) is 25.9 Å². The van der Waals surface area contributed by atoms with Crippen molar-refractivity contribution in [2.45, 2.75) is 32.7 Å². The lowest BCUT2D eigenvalue weighted by Crippen LogP contribution is -2.47. The SMILES string of the molecule is Cc1nnc(CNS(=O)(=O)N2CCC(c3[nH]c(-c4ccc(F)cn4)nc3Cl)[C@@H](C)C2)o1. The summed E-state index contributed by atoms with van der Waals surface area (Å²) in [6.45, 7) is 4.14. The first-order chi connectivity index (χ1) is 14.7. The van der Waals surface area contributed by atoms with Gasteiger partial charge in [-0.15, -0.1) is 10.2 Å². The van der Waals surface area contributed by atoms with Crippen LogP contribution in [-0.4, -0.2) is 51.0 Å². The zero-order valence-electron chi connectivity index (χ0n) is 16.8. The second-order valence-corrected chi connectivity index (χ2v) is 9.54. The zero-order valence-corrected chi connectivity index (χ0v) is 18.4. The number of H-pyrrole nitrogens is 1. The summed E-state index contributed by atoms with van der Waals surface area (Å²) in [7, 11) is -3.71. The zero-order chi connectivity index (χ0) is 22.2. The largest absolute Gasteiger partial charge is 0.424 e. The van der Waals surface area contributed by atoms with Gasteiger partial charge < -0.3 is 9.40 Å². The first-order valence-corrected chi connectivity index (χ1v) is 11.5. The molecule has 31 heavy (non-hydrogen) atoms. The molecule has 0 amide bonds. The molecule has 4 heterocycles. The van der Waals surface area contributed by atoms with E-state index in [1.165, 1.54) is 16.4 Å². The maximum Gasteiger partial charge on any atom is 0.279 e. The van der Waals surface area contributed by atoms with Gasteiger partial charge in [0.15, 0.2) is 11.0 Å². The average molecular weight is 470 g/mol. The Bertz CT molecular complexity index is 1170. The average Bonchev–Trinajstić information content (AvgIpc) is 3.32. The maximum absolute atomic E-state index is 13.1. The summed E-state index contributed by atoms with van der Waals surface area (Å²) in [4.78, 5) is 11.5. The molecule has 1 aliphatic rings. The Morgan fingerprint density at radius 1 is 1.39 bits per heavy atom. The number of pyridine rings is 1. The van der Waals surface area contributed by atoms with Crippen LogP contribution < -0.4 is 4.72 Å². The van der Waals surface area contributed by atoms with Gasteiger partial charge in [-0.1, -0.05) is 18.5 Å². The highest BCUT2D eigenvalue weighted by molar-refractivity contribution is 7.87. The van der Waals surface area contributed by atoms with E-state index in [0.29, 0.717) is 42.1 Å². The Balaban J connectivity index is 1.44. The van der Waals surface area contributed by atoms with E-state index in [4.69, 9.17) is 16.0 Å². The topological polar surface area (TPSA) is 130 Å². The highest BCUT2D eigenvalue weighted by Gasteiger charge is 2.35. The van der Waals surface area contributed by atoms with Crippen LogP contribution in [0.4, 0.5) is 4.39 Å². The Hall–Kier alpha value is -2.41. The molecule has 3 aromatic heterocycles. The Labute approximate surface area is 183 Å². The van der Waals surface area contributed by atoms with Gasteiger partial charge in [0.2, 0.25) is 11.8 Å². The molecule has 1 fully saturated rings. The number of piperidine rings is 1. The molecule has 0 aromatic carbocycles. The monoisotopic (exact) mass is 469 g/mol. The van der Waals surface area contributed by atoms with Crippen molar-refractivity contribution in [1.29, 1.82) is 0 Å². The Morgan fingerprint density at radius 2 is 2.19 bits per heavy atom. The van der Waals surface area contributed by atoms with E-state index in [2.05, 4.69) is 29.9 Å². The minimum atomic E-state index is -3.71.